The Hall–Kier alpha value is -3.65. The topological polar surface area (TPSA) is 81.6 Å². The number of hydrogen-bond acceptors (Lipinski definition) is 3. The van der Waals surface area contributed by atoms with Crippen molar-refractivity contribution in [3.05, 3.63) is 83.1 Å². The third-order valence-electron chi connectivity index (χ3n) is 4.63. The molecule has 2 N–H and O–H groups in total. The maximum atomic E-state index is 12.6. The van der Waals surface area contributed by atoms with E-state index < -0.39 is 5.91 Å². The molecule has 2 aromatic carbocycles. The molecule has 0 radical (unpaired) electrons. The number of aromatic amines is 1. The average Bonchev–Trinajstić information content (AvgIpc) is 3.20. The fraction of sp³-hybridized carbons (Fsp3) is 0.174. The van der Waals surface area contributed by atoms with Gasteiger partial charge in [0.15, 0.2) is 0 Å². The van der Waals surface area contributed by atoms with Crippen molar-refractivity contribution in [2.24, 2.45) is 0 Å². The summed E-state index contributed by atoms with van der Waals surface area (Å²) < 4.78 is 0. The molecule has 0 aliphatic rings. The molecule has 0 aliphatic heterocycles. The van der Waals surface area contributed by atoms with E-state index >= 15 is 0 Å². The summed E-state index contributed by atoms with van der Waals surface area (Å²) in [6, 6.07) is 19.6. The van der Waals surface area contributed by atoms with Gasteiger partial charge in [0.2, 0.25) is 0 Å². The fourth-order valence-corrected chi connectivity index (χ4v) is 2.95. The molecule has 5 nitrogen and oxygen atoms in total. The number of amides is 1. The quantitative estimate of drug-likeness (QED) is 0.498. The number of carbonyl (C=O) groups is 1. The van der Waals surface area contributed by atoms with Gasteiger partial charge in [0.05, 0.1) is 17.9 Å². The SMILES string of the molecule is CCc1ccc(-c2[nH]ncc2/C=C(/C#N)C(=O)N[C@H](C)c2ccccc2)cc1. The smallest absolute Gasteiger partial charge is 0.262 e. The van der Waals surface area contributed by atoms with Gasteiger partial charge in [0.1, 0.15) is 11.6 Å². The molecule has 0 aliphatic carbocycles. The van der Waals surface area contributed by atoms with Crippen molar-refractivity contribution in [1.82, 2.24) is 15.5 Å². The molecule has 5 heteroatoms. The van der Waals surface area contributed by atoms with E-state index in [1.807, 2.05) is 55.5 Å². The van der Waals surface area contributed by atoms with Crippen LogP contribution < -0.4 is 5.32 Å². The van der Waals surface area contributed by atoms with Gasteiger partial charge in [-0.05, 0) is 30.5 Å². The molecule has 1 aromatic heterocycles. The van der Waals surface area contributed by atoms with Crippen molar-refractivity contribution in [2.45, 2.75) is 26.3 Å². The first-order valence-corrected chi connectivity index (χ1v) is 9.22. The van der Waals surface area contributed by atoms with Gasteiger partial charge in [0.25, 0.3) is 5.91 Å². The molecule has 0 saturated carbocycles. The van der Waals surface area contributed by atoms with E-state index in [1.54, 1.807) is 12.3 Å². The van der Waals surface area contributed by atoms with Gasteiger partial charge in [-0.2, -0.15) is 10.4 Å². The number of benzene rings is 2. The Morgan fingerprint density at radius 2 is 1.93 bits per heavy atom. The highest BCUT2D eigenvalue weighted by atomic mass is 16.1. The van der Waals surface area contributed by atoms with Crippen molar-refractivity contribution in [2.75, 3.05) is 0 Å². The molecule has 28 heavy (non-hydrogen) atoms. The number of rotatable bonds is 6. The molecule has 0 unspecified atom stereocenters. The molecule has 1 atom stereocenters. The number of nitrogens with zero attached hydrogens (tertiary/aromatic N) is 2. The standard InChI is InChI=1S/C23H22N4O/c1-3-17-9-11-19(12-10-17)22-21(15-25-27-22)13-20(14-24)23(28)26-16(2)18-7-5-4-6-8-18/h4-13,15-16H,3H2,1-2H3,(H,25,27)(H,26,28)/b20-13-/t16-/m1/s1. The maximum Gasteiger partial charge on any atom is 0.262 e. The van der Waals surface area contributed by atoms with Gasteiger partial charge >= 0.3 is 0 Å². The summed E-state index contributed by atoms with van der Waals surface area (Å²) in [5.41, 5.74) is 4.69. The Morgan fingerprint density at radius 1 is 1.21 bits per heavy atom. The Kier molecular flexibility index (Phi) is 6.03. The van der Waals surface area contributed by atoms with Crippen molar-refractivity contribution >= 4 is 12.0 Å². The Balaban J connectivity index is 1.82. The Labute approximate surface area is 164 Å². The summed E-state index contributed by atoms with van der Waals surface area (Å²) in [7, 11) is 0. The first kappa shape index (κ1) is 19.1. The van der Waals surface area contributed by atoms with Crippen LogP contribution in [0.2, 0.25) is 0 Å². The van der Waals surface area contributed by atoms with Gasteiger partial charge in [-0.3, -0.25) is 9.89 Å². The second kappa shape index (κ2) is 8.83. The van der Waals surface area contributed by atoms with Gasteiger partial charge in [-0.1, -0.05) is 61.5 Å². The van der Waals surface area contributed by atoms with Gasteiger partial charge in [0, 0.05) is 11.1 Å². The van der Waals surface area contributed by atoms with E-state index in [-0.39, 0.29) is 11.6 Å². The van der Waals surface area contributed by atoms with E-state index in [4.69, 9.17) is 0 Å². The van der Waals surface area contributed by atoms with Gasteiger partial charge in [-0.15, -0.1) is 0 Å². The lowest BCUT2D eigenvalue weighted by atomic mass is 10.0. The Bertz CT molecular complexity index is 1010. The predicted molar refractivity (Wildman–Crippen MR) is 110 cm³/mol. The van der Waals surface area contributed by atoms with Crippen LogP contribution in [0, 0.1) is 11.3 Å². The van der Waals surface area contributed by atoms with Crippen LogP contribution in [0.1, 0.15) is 36.6 Å². The highest BCUT2D eigenvalue weighted by Gasteiger charge is 2.15. The minimum atomic E-state index is -0.410. The van der Waals surface area contributed by atoms with Crippen LogP contribution in [0.15, 0.2) is 66.4 Å². The second-order valence-corrected chi connectivity index (χ2v) is 6.53. The second-order valence-electron chi connectivity index (χ2n) is 6.53. The number of nitriles is 1. The molecule has 1 heterocycles. The summed E-state index contributed by atoms with van der Waals surface area (Å²) in [6.07, 6.45) is 4.16. The lowest BCUT2D eigenvalue weighted by molar-refractivity contribution is -0.117. The number of nitrogens with one attached hydrogen (secondary N) is 2. The van der Waals surface area contributed by atoms with Crippen LogP contribution >= 0.6 is 0 Å². The average molecular weight is 370 g/mol. The summed E-state index contributed by atoms with van der Waals surface area (Å²) >= 11 is 0. The van der Waals surface area contributed by atoms with Crippen molar-refractivity contribution in [1.29, 1.82) is 5.26 Å². The van der Waals surface area contributed by atoms with Crippen LogP contribution in [0.3, 0.4) is 0 Å². The summed E-state index contributed by atoms with van der Waals surface area (Å²) in [5.74, 6) is -0.410. The minimum absolute atomic E-state index is 0.0376. The molecule has 3 aromatic rings. The summed E-state index contributed by atoms with van der Waals surface area (Å²) in [5, 5.41) is 19.4. The minimum Gasteiger partial charge on any atom is -0.345 e. The van der Waals surface area contributed by atoms with E-state index in [0.29, 0.717) is 5.56 Å². The largest absolute Gasteiger partial charge is 0.345 e. The molecular weight excluding hydrogens is 348 g/mol. The van der Waals surface area contributed by atoms with Crippen LogP contribution in [0.25, 0.3) is 17.3 Å². The van der Waals surface area contributed by atoms with E-state index in [2.05, 4.69) is 34.6 Å². The number of aromatic nitrogens is 2. The molecule has 0 bridgehead atoms. The summed E-state index contributed by atoms with van der Waals surface area (Å²) in [6.45, 7) is 3.99. The van der Waals surface area contributed by atoms with Gasteiger partial charge < -0.3 is 5.32 Å². The highest BCUT2D eigenvalue weighted by molar-refractivity contribution is 6.02. The predicted octanol–water partition coefficient (Wildman–Crippen LogP) is 4.42. The molecule has 0 saturated heterocycles. The van der Waals surface area contributed by atoms with E-state index in [9.17, 15) is 10.1 Å². The fourth-order valence-electron chi connectivity index (χ4n) is 2.95. The molecule has 140 valence electrons. The Morgan fingerprint density at radius 3 is 2.57 bits per heavy atom. The zero-order chi connectivity index (χ0) is 19.9. The lowest BCUT2D eigenvalue weighted by Gasteiger charge is -2.13. The number of carbonyl (C=O) groups excluding carboxylic acids is 1. The zero-order valence-corrected chi connectivity index (χ0v) is 15.9. The van der Waals surface area contributed by atoms with E-state index in [1.165, 1.54) is 5.56 Å². The molecule has 1 amide bonds. The molecule has 3 rings (SSSR count). The summed E-state index contributed by atoms with van der Waals surface area (Å²) in [4.78, 5) is 12.6. The van der Waals surface area contributed by atoms with Crippen LogP contribution in [-0.2, 0) is 11.2 Å². The van der Waals surface area contributed by atoms with Gasteiger partial charge in [-0.25, -0.2) is 0 Å². The molecule has 0 fully saturated rings. The van der Waals surface area contributed by atoms with Crippen molar-refractivity contribution < 1.29 is 4.79 Å². The van der Waals surface area contributed by atoms with E-state index in [0.717, 1.165) is 23.2 Å². The van der Waals surface area contributed by atoms with Crippen LogP contribution in [0.4, 0.5) is 0 Å². The third-order valence-corrected chi connectivity index (χ3v) is 4.63. The number of aryl methyl sites for hydroxylation is 1. The first-order chi connectivity index (χ1) is 13.6. The van der Waals surface area contributed by atoms with Crippen molar-refractivity contribution in [3.63, 3.8) is 0 Å². The van der Waals surface area contributed by atoms with Crippen molar-refractivity contribution in [3.8, 4) is 17.3 Å². The maximum absolute atomic E-state index is 12.6. The normalized spacial score (nSPS) is 12.2. The lowest BCUT2D eigenvalue weighted by Crippen LogP contribution is -2.27. The van der Waals surface area contributed by atoms with Crippen LogP contribution in [-0.4, -0.2) is 16.1 Å². The third kappa shape index (κ3) is 4.36. The first-order valence-electron chi connectivity index (χ1n) is 9.22. The number of hydrogen-bond donors (Lipinski definition) is 2. The molecule has 0 spiro atoms. The molecular formula is C23H22N4O. The number of H-pyrrole nitrogens is 1. The monoisotopic (exact) mass is 370 g/mol. The highest BCUT2D eigenvalue weighted by Crippen LogP contribution is 2.24. The van der Waals surface area contributed by atoms with Crippen LogP contribution in [0.5, 0.6) is 0 Å². The zero-order valence-electron chi connectivity index (χ0n) is 15.9.